The largest absolute Gasteiger partial charge is 0.501 e. The molecule has 0 aliphatic rings. The fourth-order valence-electron chi connectivity index (χ4n) is 8.80. The van der Waals surface area contributed by atoms with Crippen molar-refractivity contribution in [1.82, 2.24) is 14.5 Å². The van der Waals surface area contributed by atoms with Crippen LogP contribution in [0.1, 0.15) is 52.7 Å². The van der Waals surface area contributed by atoms with E-state index in [2.05, 4.69) is 211 Å². The normalized spacial score (nSPS) is 12.0. The Labute approximate surface area is 405 Å². The maximum Gasteiger partial charge on any atom is 0.120 e. The summed E-state index contributed by atoms with van der Waals surface area (Å²) in [5, 5.41) is 3.64. The molecule has 0 atom stereocenters. The van der Waals surface area contributed by atoms with E-state index in [4.69, 9.17) is 14.4 Å². The summed E-state index contributed by atoms with van der Waals surface area (Å²) < 4.78 is 8.69. The zero-order valence-corrected chi connectivity index (χ0v) is 42.9. The SMILES string of the molecule is CC(C)(C)Cc1cc(-c2[c-]ccc(C(C)(C)C)c2)ncc1[Si](C)(C)C.[Ir].[c-]1ccc2c(oc3ccccc32)c1-c1nc2ccccc2n1-c1ccc(-c2ccccc2)cc1-c1ccccc1. The molecule has 10 aromatic rings. The van der Waals surface area contributed by atoms with Crippen LogP contribution in [0.2, 0.25) is 19.6 Å². The van der Waals surface area contributed by atoms with Crippen molar-refractivity contribution in [2.24, 2.45) is 5.41 Å². The Bertz CT molecular complexity index is 3290. The van der Waals surface area contributed by atoms with Gasteiger partial charge in [0.25, 0.3) is 0 Å². The van der Waals surface area contributed by atoms with Gasteiger partial charge in [-0.05, 0) is 75.2 Å². The van der Waals surface area contributed by atoms with Crippen molar-refractivity contribution >= 4 is 46.2 Å². The van der Waals surface area contributed by atoms with E-state index in [9.17, 15) is 0 Å². The van der Waals surface area contributed by atoms with Gasteiger partial charge in [-0.15, -0.1) is 53.6 Å². The molecular formula is C60H57IrN3OSi-2. The Morgan fingerprint density at radius 2 is 1.30 bits per heavy atom. The van der Waals surface area contributed by atoms with Gasteiger partial charge in [-0.25, -0.2) is 0 Å². The fourth-order valence-corrected chi connectivity index (χ4v) is 10.4. The number of aromatic nitrogens is 3. The van der Waals surface area contributed by atoms with Gasteiger partial charge in [0.05, 0.1) is 30.5 Å². The van der Waals surface area contributed by atoms with Gasteiger partial charge in [0.15, 0.2) is 0 Å². The third-order valence-electron chi connectivity index (χ3n) is 12.0. The number of pyridine rings is 1. The van der Waals surface area contributed by atoms with Crippen LogP contribution in [0.15, 0.2) is 174 Å². The molecular weight excluding hydrogens is 999 g/mol. The van der Waals surface area contributed by atoms with Crippen LogP contribution in [-0.2, 0) is 31.9 Å². The summed E-state index contributed by atoms with van der Waals surface area (Å²) in [6, 6.07) is 63.9. The zero-order chi connectivity index (χ0) is 45.5. The van der Waals surface area contributed by atoms with E-state index in [0.717, 1.165) is 78.9 Å². The summed E-state index contributed by atoms with van der Waals surface area (Å²) in [5.74, 6) is 0.801. The number of imidazole rings is 1. The first-order chi connectivity index (χ1) is 31.1. The maximum absolute atomic E-state index is 6.43. The van der Waals surface area contributed by atoms with Crippen LogP contribution in [0.5, 0.6) is 0 Å². The van der Waals surface area contributed by atoms with Gasteiger partial charge in [-0.3, -0.25) is 4.98 Å². The molecule has 3 heterocycles. The van der Waals surface area contributed by atoms with Crippen molar-refractivity contribution in [2.45, 2.75) is 73.0 Å². The Morgan fingerprint density at radius 1 is 0.636 bits per heavy atom. The van der Waals surface area contributed by atoms with Gasteiger partial charge in [-0.1, -0.05) is 181 Å². The Balaban J connectivity index is 0.000000198. The minimum atomic E-state index is -1.42. The van der Waals surface area contributed by atoms with Gasteiger partial charge >= 0.3 is 0 Å². The van der Waals surface area contributed by atoms with E-state index in [1.54, 1.807) is 0 Å². The first kappa shape index (κ1) is 46.4. The molecule has 7 aromatic carbocycles. The topological polar surface area (TPSA) is 43.9 Å². The first-order valence-corrected chi connectivity index (χ1v) is 26.2. The van der Waals surface area contributed by atoms with Crippen molar-refractivity contribution in [3.8, 4) is 50.6 Å². The molecule has 333 valence electrons. The third kappa shape index (κ3) is 9.69. The van der Waals surface area contributed by atoms with E-state index < -0.39 is 8.07 Å². The molecule has 0 spiro atoms. The molecule has 4 nitrogen and oxygen atoms in total. The predicted molar refractivity (Wildman–Crippen MR) is 277 cm³/mol. The number of hydrogen-bond acceptors (Lipinski definition) is 3. The average Bonchev–Trinajstić information content (AvgIpc) is 3.87. The molecule has 6 heteroatoms. The van der Waals surface area contributed by atoms with E-state index in [-0.39, 0.29) is 30.9 Å². The molecule has 0 fully saturated rings. The van der Waals surface area contributed by atoms with Crippen molar-refractivity contribution in [1.29, 1.82) is 0 Å². The number of benzene rings is 7. The van der Waals surface area contributed by atoms with Crippen LogP contribution in [0, 0.1) is 17.5 Å². The monoisotopic (exact) mass is 1060 g/mol. The first-order valence-electron chi connectivity index (χ1n) is 22.7. The van der Waals surface area contributed by atoms with Crippen LogP contribution in [-0.4, -0.2) is 22.6 Å². The number of rotatable bonds is 7. The third-order valence-corrected chi connectivity index (χ3v) is 14.1. The van der Waals surface area contributed by atoms with Gasteiger partial charge < -0.3 is 14.0 Å². The van der Waals surface area contributed by atoms with Crippen LogP contribution in [0.3, 0.4) is 0 Å². The summed E-state index contributed by atoms with van der Waals surface area (Å²) >= 11 is 0. The van der Waals surface area contributed by atoms with Crippen molar-refractivity contribution in [3.63, 3.8) is 0 Å². The Morgan fingerprint density at radius 3 is 2.02 bits per heavy atom. The number of para-hydroxylation sites is 3. The number of furan rings is 1. The zero-order valence-electron chi connectivity index (χ0n) is 39.5. The van der Waals surface area contributed by atoms with E-state index >= 15 is 0 Å². The average molecular weight is 1060 g/mol. The minimum Gasteiger partial charge on any atom is -0.501 e. The molecule has 66 heavy (non-hydrogen) atoms. The molecule has 0 N–H and O–H groups in total. The van der Waals surface area contributed by atoms with Gasteiger partial charge in [0, 0.05) is 42.9 Å². The second kappa shape index (κ2) is 18.6. The van der Waals surface area contributed by atoms with Crippen LogP contribution >= 0.6 is 0 Å². The molecule has 10 rings (SSSR count). The van der Waals surface area contributed by atoms with Crippen molar-refractivity contribution < 1.29 is 24.5 Å². The molecule has 0 amide bonds. The van der Waals surface area contributed by atoms with Gasteiger partial charge in [0.2, 0.25) is 0 Å². The van der Waals surface area contributed by atoms with E-state index in [1.165, 1.54) is 27.4 Å². The van der Waals surface area contributed by atoms with Gasteiger partial charge in [0.1, 0.15) is 5.58 Å². The van der Waals surface area contributed by atoms with E-state index in [1.807, 2.05) is 36.4 Å². The predicted octanol–water partition coefficient (Wildman–Crippen LogP) is 15.7. The van der Waals surface area contributed by atoms with Crippen molar-refractivity contribution in [3.05, 3.63) is 193 Å². The van der Waals surface area contributed by atoms with Gasteiger partial charge in [-0.2, -0.15) is 0 Å². The number of nitrogens with zero attached hydrogens (tertiary/aromatic N) is 3. The van der Waals surface area contributed by atoms with Crippen LogP contribution < -0.4 is 5.19 Å². The summed E-state index contributed by atoms with van der Waals surface area (Å²) in [4.78, 5) is 10.00. The summed E-state index contributed by atoms with van der Waals surface area (Å²) in [7, 11) is -1.42. The summed E-state index contributed by atoms with van der Waals surface area (Å²) in [6.07, 6.45) is 3.22. The summed E-state index contributed by atoms with van der Waals surface area (Å²) in [5.41, 5.74) is 15.5. The Kier molecular flexibility index (Phi) is 13.1. The fraction of sp³-hybridized carbons (Fsp3) is 0.200. The molecule has 0 aliphatic carbocycles. The van der Waals surface area contributed by atoms with Crippen molar-refractivity contribution in [2.75, 3.05) is 0 Å². The number of hydrogen-bond donors (Lipinski definition) is 0. The second-order valence-electron chi connectivity index (χ2n) is 20.4. The molecule has 0 saturated carbocycles. The molecule has 1 radical (unpaired) electrons. The maximum atomic E-state index is 6.43. The summed E-state index contributed by atoms with van der Waals surface area (Å²) in [6.45, 7) is 20.9. The van der Waals surface area contributed by atoms with Crippen LogP contribution in [0.4, 0.5) is 0 Å². The minimum absolute atomic E-state index is 0. The molecule has 0 bridgehead atoms. The standard InChI is InChI=1S/C37H23N2O.C23H34NSi.Ir/c1-3-12-25(13-4-1)27-22-23-33(31(24-27)26-14-5-2-6-15-26)39-34-20-9-8-19-32(34)38-37(39)30-18-11-17-29-28-16-7-10-21-35(28)40-36(29)30;1-22(2,3)15-18-14-20(24-16-21(18)25(7,8)9)17-11-10-12-19(13-17)23(4,5)6;/h1-17,19-24H;10,12-14,16H,15H2,1-9H3;/q2*-1;. The van der Waals surface area contributed by atoms with Crippen LogP contribution in [0.25, 0.3) is 83.6 Å². The molecule has 0 unspecified atom stereocenters. The molecule has 0 aliphatic heterocycles. The second-order valence-corrected chi connectivity index (χ2v) is 25.4. The molecule has 3 aromatic heterocycles. The number of fused-ring (bicyclic) bond motifs is 4. The molecule has 0 saturated heterocycles. The quantitative estimate of drug-likeness (QED) is 0.118. The van der Waals surface area contributed by atoms with E-state index in [0.29, 0.717) is 0 Å². The Hall–Kier alpha value is -6.17. The smallest absolute Gasteiger partial charge is 0.120 e.